The molecule has 0 bridgehead atoms. The summed E-state index contributed by atoms with van der Waals surface area (Å²) in [7, 11) is -2.23. The number of hydrogen-bond donors (Lipinski definition) is 2. The first-order chi connectivity index (χ1) is 11.5. The number of aryl methyl sites for hydroxylation is 1. The smallest absolute Gasteiger partial charge is 0.508 e. The van der Waals surface area contributed by atoms with Crippen LogP contribution >= 0.6 is 0 Å². The van der Waals surface area contributed by atoms with Gasteiger partial charge in [-0.3, -0.25) is 0 Å². The normalized spacial score (nSPS) is 20.9. The lowest BCUT2D eigenvalue weighted by atomic mass is 9.78. The van der Waals surface area contributed by atoms with E-state index >= 15 is 0 Å². The third kappa shape index (κ3) is 5.74. The highest BCUT2D eigenvalue weighted by atomic mass is 19.1. The molecule has 1 aliphatic carbocycles. The van der Waals surface area contributed by atoms with E-state index in [-0.39, 0.29) is 0 Å². The van der Waals surface area contributed by atoms with E-state index in [0.717, 1.165) is 24.7 Å². The van der Waals surface area contributed by atoms with Crippen LogP contribution in [-0.2, 0) is 6.42 Å². The van der Waals surface area contributed by atoms with Gasteiger partial charge in [0.05, 0.1) is 0 Å². The Hall–Kier alpha value is -1.14. The Labute approximate surface area is 143 Å². The molecule has 134 valence electrons. The summed E-state index contributed by atoms with van der Waals surface area (Å²) in [6, 6.07) is 2.41. The molecule has 0 atom stereocenters. The third-order valence-corrected chi connectivity index (χ3v) is 5.02. The second-order valence-electron chi connectivity index (χ2n) is 6.90. The van der Waals surface area contributed by atoms with Gasteiger partial charge in [-0.05, 0) is 42.4 Å². The van der Waals surface area contributed by atoms with Crippen LogP contribution in [0.5, 0.6) is 5.75 Å². The zero-order valence-corrected chi connectivity index (χ0v) is 14.3. The second kappa shape index (κ2) is 9.37. The van der Waals surface area contributed by atoms with E-state index in [9.17, 15) is 8.78 Å². The number of rotatable bonds is 8. The molecular formula is C18H27BF2O3. The van der Waals surface area contributed by atoms with Crippen molar-refractivity contribution in [3.8, 4) is 5.75 Å². The molecule has 2 N–H and O–H groups in total. The van der Waals surface area contributed by atoms with Gasteiger partial charge in [0.25, 0.3) is 0 Å². The standard InChI is InChI=1S/C18H27BF2O3/c1-2-4-13-7-9-14(10-8-13)5-3-6-15-11-16(20)18(17(21)12-15)24-19(22)23/h11-14,22-23H,2-10H2,1H3. The third-order valence-electron chi connectivity index (χ3n) is 5.02. The Morgan fingerprint density at radius 3 is 2.08 bits per heavy atom. The van der Waals surface area contributed by atoms with Gasteiger partial charge in [0.2, 0.25) is 0 Å². The molecule has 0 aliphatic heterocycles. The summed E-state index contributed by atoms with van der Waals surface area (Å²) in [5.74, 6) is -0.928. The van der Waals surface area contributed by atoms with Gasteiger partial charge in [0.1, 0.15) is 0 Å². The van der Waals surface area contributed by atoms with E-state index in [1.54, 1.807) is 0 Å². The van der Waals surface area contributed by atoms with Crippen LogP contribution in [0.4, 0.5) is 8.78 Å². The van der Waals surface area contributed by atoms with E-state index in [2.05, 4.69) is 11.6 Å². The Morgan fingerprint density at radius 2 is 1.58 bits per heavy atom. The van der Waals surface area contributed by atoms with Crippen molar-refractivity contribution >= 4 is 7.32 Å². The average molecular weight is 340 g/mol. The zero-order valence-electron chi connectivity index (χ0n) is 14.3. The Kier molecular flexibility index (Phi) is 7.50. The largest absolute Gasteiger partial charge is 0.707 e. The molecule has 24 heavy (non-hydrogen) atoms. The van der Waals surface area contributed by atoms with Crippen molar-refractivity contribution in [3.63, 3.8) is 0 Å². The molecule has 0 spiro atoms. The highest BCUT2D eigenvalue weighted by Gasteiger charge is 2.21. The Bertz CT molecular complexity index is 494. The summed E-state index contributed by atoms with van der Waals surface area (Å²) >= 11 is 0. The zero-order chi connectivity index (χ0) is 17.5. The minimum Gasteiger partial charge on any atom is -0.508 e. The van der Waals surface area contributed by atoms with Gasteiger partial charge in [0, 0.05) is 0 Å². The maximum absolute atomic E-state index is 13.8. The quantitative estimate of drug-likeness (QED) is 0.696. The van der Waals surface area contributed by atoms with Crippen molar-refractivity contribution in [1.29, 1.82) is 0 Å². The van der Waals surface area contributed by atoms with Crippen LogP contribution in [-0.4, -0.2) is 17.4 Å². The molecule has 0 radical (unpaired) electrons. The van der Waals surface area contributed by atoms with Gasteiger partial charge in [-0.1, -0.05) is 51.9 Å². The summed E-state index contributed by atoms with van der Waals surface area (Å²) in [4.78, 5) is 0. The van der Waals surface area contributed by atoms with Gasteiger partial charge >= 0.3 is 7.32 Å². The second-order valence-corrected chi connectivity index (χ2v) is 6.90. The summed E-state index contributed by atoms with van der Waals surface area (Å²) in [6.45, 7) is 2.24. The van der Waals surface area contributed by atoms with Crippen LogP contribution in [0.2, 0.25) is 0 Å². The average Bonchev–Trinajstić information content (AvgIpc) is 2.53. The van der Waals surface area contributed by atoms with Crippen molar-refractivity contribution < 1.29 is 23.5 Å². The van der Waals surface area contributed by atoms with Crippen LogP contribution in [0.3, 0.4) is 0 Å². The fourth-order valence-electron chi connectivity index (χ4n) is 3.79. The Balaban J connectivity index is 1.79. The summed E-state index contributed by atoms with van der Waals surface area (Å²) in [5, 5.41) is 17.3. The van der Waals surface area contributed by atoms with Crippen molar-refractivity contribution in [2.45, 2.75) is 64.7 Å². The molecule has 6 heteroatoms. The van der Waals surface area contributed by atoms with Crippen LogP contribution < -0.4 is 4.65 Å². The predicted molar refractivity (Wildman–Crippen MR) is 90.5 cm³/mol. The number of benzene rings is 1. The molecule has 0 saturated heterocycles. The minimum atomic E-state index is -2.23. The van der Waals surface area contributed by atoms with Crippen LogP contribution in [0.25, 0.3) is 0 Å². The first-order valence-corrected chi connectivity index (χ1v) is 9.00. The van der Waals surface area contributed by atoms with Crippen LogP contribution in [0.1, 0.15) is 63.9 Å². The van der Waals surface area contributed by atoms with Gasteiger partial charge in [-0.25, -0.2) is 8.78 Å². The van der Waals surface area contributed by atoms with Gasteiger partial charge in [-0.2, -0.15) is 0 Å². The highest BCUT2D eigenvalue weighted by Crippen LogP contribution is 2.34. The topological polar surface area (TPSA) is 49.7 Å². The predicted octanol–water partition coefficient (Wildman–Crippen LogP) is 4.24. The molecule has 1 aromatic rings. The van der Waals surface area contributed by atoms with Crippen LogP contribution in [0.15, 0.2) is 12.1 Å². The van der Waals surface area contributed by atoms with E-state index in [4.69, 9.17) is 10.0 Å². The molecule has 2 rings (SSSR count). The maximum atomic E-state index is 13.8. The molecule has 3 nitrogen and oxygen atoms in total. The van der Waals surface area contributed by atoms with Gasteiger partial charge in [-0.15, -0.1) is 0 Å². The van der Waals surface area contributed by atoms with Crippen LogP contribution in [0, 0.1) is 23.5 Å². The molecule has 1 aliphatic rings. The van der Waals surface area contributed by atoms with E-state index in [0.29, 0.717) is 12.0 Å². The van der Waals surface area contributed by atoms with Gasteiger partial charge < -0.3 is 14.7 Å². The number of halogens is 2. The molecule has 0 aromatic heterocycles. The summed E-state index contributed by atoms with van der Waals surface area (Å²) in [5.41, 5.74) is 0.574. The highest BCUT2D eigenvalue weighted by molar-refractivity contribution is 6.33. The van der Waals surface area contributed by atoms with Crippen molar-refractivity contribution in [2.24, 2.45) is 11.8 Å². The van der Waals surface area contributed by atoms with E-state index in [1.165, 1.54) is 50.7 Å². The monoisotopic (exact) mass is 340 g/mol. The maximum Gasteiger partial charge on any atom is 0.707 e. The summed E-state index contributed by atoms with van der Waals surface area (Å²) < 4.78 is 31.9. The fourth-order valence-corrected chi connectivity index (χ4v) is 3.79. The molecule has 0 amide bonds. The lowest BCUT2D eigenvalue weighted by Gasteiger charge is -2.28. The molecule has 1 saturated carbocycles. The molecule has 1 fully saturated rings. The number of hydrogen-bond acceptors (Lipinski definition) is 3. The van der Waals surface area contributed by atoms with Gasteiger partial charge in [0.15, 0.2) is 17.4 Å². The van der Waals surface area contributed by atoms with Crippen molar-refractivity contribution in [3.05, 3.63) is 29.3 Å². The lowest BCUT2D eigenvalue weighted by molar-refractivity contribution is 0.249. The molecule has 0 unspecified atom stereocenters. The summed E-state index contributed by atoms with van der Waals surface area (Å²) in [6.07, 6.45) is 10.4. The van der Waals surface area contributed by atoms with Crippen molar-refractivity contribution in [1.82, 2.24) is 0 Å². The lowest BCUT2D eigenvalue weighted by Crippen LogP contribution is -2.22. The first-order valence-electron chi connectivity index (χ1n) is 9.00. The van der Waals surface area contributed by atoms with E-state index < -0.39 is 24.7 Å². The Morgan fingerprint density at radius 1 is 1.04 bits per heavy atom. The molecular weight excluding hydrogens is 313 g/mol. The SMILES string of the molecule is CCCC1CCC(CCCc2cc(F)c(OB(O)O)c(F)c2)CC1. The first kappa shape index (κ1) is 19.2. The van der Waals surface area contributed by atoms with Crippen molar-refractivity contribution in [2.75, 3.05) is 0 Å². The van der Waals surface area contributed by atoms with E-state index in [1.807, 2.05) is 0 Å². The molecule has 0 heterocycles. The molecule has 1 aromatic carbocycles. The fraction of sp³-hybridized carbons (Fsp3) is 0.667. The minimum absolute atomic E-state index is 0.574.